The first-order chi connectivity index (χ1) is 9.13. The molecule has 0 spiro atoms. The van der Waals surface area contributed by atoms with Gasteiger partial charge in [-0.15, -0.1) is 11.3 Å². The van der Waals surface area contributed by atoms with Gasteiger partial charge in [0.25, 0.3) is 0 Å². The summed E-state index contributed by atoms with van der Waals surface area (Å²) in [7, 11) is 0. The number of nitrogens with one attached hydrogen (secondary N) is 1. The van der Waals surface area contributed by atoms with Gasteiger partial charge in [-0.1, -0.05) is 24.6 Å². The van der Waals surface area contributed by atoms with Gasteiger partial charge in [-0.25, -0.2) is 0 Å². The third kappa shape index (κ3) is 3.38. The van der Waals surface area contributed by atoms with Crippen LogP contribution >= 0.6 is 22.9 Å². The highest BCUT2D eigenvalue weighted by atomic mass is 35.5. The lowest BCUT2D eigenvalue weighted by Gasteiger charge is -2.21. The summed E-state index contributed by atoms with van der Waals surface area (Å²) in [5, 5.41) is 6.62. The van der Waals surface area contributed by atoms with Crippen LogP contribution in [0.25, 0.3) is 0 Å². The van der Waals surface area contributed by atoms with Crippen molar-refractivity contribution in [3.63, 3.8) is 0 Å². The second-order valence-electron chi connectivity index (χ2n) is 4.86. The molecule has 19 heavy (non-hydrogen) atoms. The largest absolute Gasteiger partial charge is 0.306 e. The summed E-state index contributed by atoms with van der Waals surface area (Å²) < 4.78 is 0. The quantitative estimate of drug-likeness (QED) is 0.808. The molecule has 0 aliphatic heterocycles. The van der Waals surface area contributed by atoms with Crippen molar-refractivity contribution in [3.05, 3.63) is 56.2 Å². The van der Waals surface area contributed by atoms with Crippen LogP contribution in [0.4, 0.5) is 0 Å². The zero-order chi connectivity index (χ0) is 13.8. The fourth-order valence-corrected chi connectivity index (χ4v) is 3.52. The normalized spacial score (nSPS) is 12.6. The van der Waals surface area contributed by atoms with E-state index in [-0.39, 0.29) is 6.04 Å². The molecule has 1 N–H and O–H groups in total. The minimum Gasteiger partial charge on any atom is -0.306 e. The molecule has 1 nitrogen and oxygen atoms in total. The Balaban J connectivity index is 2.40. The van der Waals surface area contributed by atoms with Crippen LogP contribution in [0, 0.1) is 13.8 Å². The molecule has 1 atom stereocenters. The third-order valence-electron chi connectivity index (χ3n) is 3.31. The molecule has 0 saturated carbocycles. The Morgan fingerprint density at radius 2 is 2.00 bits per heavy atom. The molecule has 1 heterocycles. The third-order valence-corrected chi connectivity index (χ3v) is 4.62. The lowest BCUT2D eigenvalue weighted by atomic mass is 9.98. The zero-order valence-electron chi connectivity index (χ0n) is 11.7. The minimum absolute atomic E-state index is 0.275. The van der Waals surface area contributed by atoms with E-state index in [1.54, 1.807) is 0 Å². The van der Waals surface area contributed by atoms with Crippen molar-refractivity contribution in [1.29, 1.82) is 0 Å². The van der Waals surface area contributed by atoms with Gasteiger partial charge in [0, 0.05) is 9.90 Å². The molecule has 0 aliphatic rings. The van der Waals surface area contributed by atoms with Gasteiger partial charge in [-0.05, 0) is 67.1 Å². The van der Waals surface area contributed by atoms with Gasteiger partial charge in [0.2, 0.25) is 0 Å². The second kappa shape index (κ2) is 6.56. The van der Waals surface area contributed by atoms with Crippen molar-refractivity contribution in [2.24, 2.45) is 0 Å². The molecule has 1 unspecified atom stereocenters. The van der Waals surface area contributed by atoms with Crippen molar-refractivity contribution < 1.29 is 0 Å². The molecule has 0 aliphatic carbocycles. The Hall–Kier alpha value is -0.830. The van der Waals surface area contributed by atoms with Crippen LogP contribution in [0.15, 0.2) is 29.6 Å². The summed E-state index contributed by atoms with van der Waals surface area (Å²) in [6.07, 6.45) is 1.13. The van der Waals surface area contributed by atoms with Crippen LogP contribution in [0.1, 0.15) is 41.0 Å². The Morgan fingerprint density at radius 1 is 1.21 bits per heavy atom. The molecular weight excluding hydrogens is 274 g/mol. The van der Waals surface area contributed by atoms with Crippen LogP contribution in [-0.4, -0.2) is 6.54 Å². The maximum absolute atomic E-state index is 6.06. The van der Waals surface area contributed by atoms with Gasteiger partial charge < -0.3 is 5.32 Å². The number of hydrogen-bond acceptors (Lipinski definition) is 2. The SMILES string of the molecule is CCCNC(c1ccc(Cl)cc1C)c1sccc1C. The van der Waals surface area contributed by atoms with E-state index in [0.717, 1.165) is 18.0 Å². The van der Waals surface area contributed by atoms with Crippen LogP contribution in [0.5, 0.6) is 0 Å². The maximum atomic E-state index is 6.06. The number of aryl methyl sites for hydroxylation is 2. The highest BCUT2D eigenvalue weighted by molar-refractivity contribution is 7.10. The number of thiophene rings is 1. The highest BCUT2D eigenvalue weighted by Crippen LogP contribution is 2.32. The molecule has 0 radical (unpaired) electrons. The number of rotatable bonds is 5. The van der Waals surface area contributed by atoms with Crippen LogP contribution < -0.4 is 5.32 Å². The smallest absolute Gasteiger partial charge is 0.0676 e. The van der Waals surface area contributed by atoms with E-state index in [2.05, 4.69) is 43.6 Å². The molecule has 0 amide bonds. The molecule has 0 fully saturated rings. The van der Waals surface area contributed by atoms with Crippen molar-refractivity contribution in [2.45, 2.75) is 33.2 Å². The zero-order valence-corrected chi connectivity index (χ0v) is 13.2. The molecule has 1 aromatic heterocycles. The van der Waals surface area contributed by atoms with E-state index in [1.165, 1.54) is 21.6 Å². The Bertz CT molecular complexity index is 547. The van der Waals surface area contributed by atoms with Crippen molar-refractivity contribution in [3.8, 4) is 0 Å². The van der Waals surface area contributed by atoms with Gasteiger partial charge in [-0.2, -0.15) is 0 Å². The monoisotopic (exact) mass is 293 g/mol. The predicted octanol–water partition coefficient (Wildman–Crippen LogP) is 5.11. The molecular formula is C16H20ClNS. The molecule has 2 rings (SSSR count). The Kier molecular flexibility index (Phi) is 5.03. The fourth-order valence-electron chi connectivity index (χ4n) is 2.28. The van der Waals surface area contributed by atoms with E-state index in [1.807, 2.05) is 23.5 Å². The van der Waals surface area contributed by atoms with Crippen LogP contribution in [-0.2, 0) is 0 Å². The second-order valence-corrected chi connectivity index (χ2v) is 6.24. The van der Waals surface area contributed by atoms with E-state index in [9.17, 15) is 0 Å². The molecule has 1 aromatic carbocycles. The van der Waals surface area contributed by atoms with Gasteiger partial charge >= 0.3 is 0 Å². The predicted molar refractivity (Wildman–Crippen MR) is 85.4 cm³/mol. The summed E-state index contributed by atoms with van der Waals surface area (Å²) in [6, 6.07) is 8.63. The standard InChI is InChI=1S/C16H20ClNS/c1-4-8-18-15(16-11(2)7-9-19-16)14-6-5-13(17)10-12(14)3/h5-7,9-10,15,18H,4,8H2,1-3H3. The minimum atomic E-state index is 0.275. The fraction of sp³-hybridized carbons (Fsp3) is 0.375. The van der Waals surface area contributed by atoms with Crippen molar-refractivity contribution in [1.82, 2.24) is 5.32 Å². The Labute approximate surface area is 124 Å². The highest BCUT2D eigenvalue weighted by Gasteiger charge is 2.18. The average molecular weight is 294 g/mol. The van der Waals surface area contributed by atoms with Crippen LogP contribution in [0.2, 0.25) is 5.02 Å². The average Bonchev–Trinajstić information content (AvgIpc) is 2.78. The van der Waals surface area contributed by atoms with Gasteiger partial charge in [0.1, 0.15) is 0 Å². The maximum Gasteiger partial charge on any atom is 0.0676 e. The molecule has 0 saturated heterocycles. The number of benzene rings is 1. The first-order valence-corrected chi connectivity index (χ1v) is 7.92. The molecule has 2 aromatic rings. The first kappa shape index (κ1) is 14.6. The first-order valence-electron chi connectivity index (χ1n) is 6.67. The van der Waals surface area contributed by atoms with Crippen molar-refractivity contribution >= 4 is 22.9 Å². The van der Waals surface area contributed by atoms with Crippen LogP contribution in [0.3, 0.4) is 0 Å². The van der Waals surface area contributed by atoms with Gasteiger partial charge in [0.15, 0.2) is 0 Å². The molecule has 3 heteroatoms. The Morgan fingerprint density at radius 3 is 2.58 bits per heavy atom. The lowest BCUT2D eigenvalue weighted by molar-refractivity contribution is 0.601. The van der Waals surface area contributed by atoms with E-state index in [0.29, 0.717) is 0 Å². The van der Waals surface area contributed by atoms with E-state index < -0.39 is 0 Å². The number of hydrogen-bond donors (Lipinski definition) is 1. The molecule has 0 bridgehead atoms. The van der Waals surface area contributed by atoms with Gasteiger partial charge in [-0.3, -0.25) is 0 Å². The topological polar surface area (TPSA) is 12.0 Å². The van der Waals surface area contributed by atoms with E-state index in [4.69, 9.17) is 11.6 Å². The lowest BCUT2D eigenvalue weighted by Crippen LogP contribution is -2.23. The summed E-state index contributed by atoms with van der Waals surface area (Å²) in [4.78, 5) is 1.40. The molecule has 102 valence electrons. The van der Waals surface area contributed by atoms with Gasteiger partial charge in [0.05, 0.1) is 6.04 Å². The summed E-state index contributed by atoms with van der Waals surface area (Å²) in [5.41, 5.74) is 3.92. The number of halogens is 1. The summed E-state index contributed by atoms with van der Waals surface area (Å²) in [5.74, 6) is 0. The summed E-state index contributed by atoms with van der Waals surface area (Å²) in [6.45, 7) is 7.52. The van der Waals surface area contributed by atoms with E-state index >= 15 is 0 Å². The summed E-state index contributed by atoms with van der Waals surface area (Å²) >= 11 is 7.88. The van der Waals surface area contributed by atoms with Crippen molar-refractivity contribution in [2.75, 3.05) is 6.54 Å².